The van der Waals surface area contributed by atoms with Gasteiger partial charge in [0.15, 0.2) is 0 Å². The van der Waals surface area contributed by atoms with Gasteiger partial charge in [-0.3, -0.25) is 0 Å². The molecule has 12 N–H and O–H groups in total. The number of carbonyl (C=O) groups is 8. The molecule has 4 atom stereocenters. The van der Waals surface area contributed by atoms with E-state index in [0.29, 0.717) is 0 Å². The Kier molecular flexibility index (Phi) is 18.1. The fourth-order valence-electron chi connectivity index (χ4n) is 3.21. The van der Waals surface area contributed by atoms with Gasteiger partial charge in [0.2, 0.25) is 0 Å². The van der Waals surface area contributed by atoms with Crippen LogP contribution < -0.4 is 32.7 Å². The van der Waals surface area contributed by atoms with Crippen molar-refractivity contribution in [1.29, 1.82) is 0 Å². The molecule has 0 aliphatic heterocycles. The van der Waals surface area contributed by atoms with Crippen molar-refractivity contribution in [2.24, 2.45) is 11.5 Å². The number of carbonyl (C=O) groups excluding carboxylic acids is 4. The number of nitrogens with two attached hydrogens (primary N) is 2. The quantitative estimate of drug-likeness (QED) is 0.0504. The molecule has 0 aromatic carbocycles. The molecule has 0 aromatic heterocycles. The van der Waals surface area contributed by atoms with E-state index in [1.807, 2.05) is 0 Å². The molecule has 0 saturated carbocycles. The van der Waals surface area contributed by atoms with Gasteiger partial charge in [-0.05, 0) is 0 Å². The predicted octanol–water partition coefficient (Wildman–Crippen LogP) is -2.70. The first-order chi connectivity index (χ1) is 20.6. The third-order valence-electron chi connectivity index (χ3n) is 5.85. The van der Waals surface area contributed by atoms with Gasteiger partial charge in [0, 0.05) is 0 Å². The average Bonchev–Trinajstić information content (AvgIpc) is 2.92. The summed E-state index contributed by atoms with van der Waals surface area (Å²) in [6, 6.07) is -5.19. The molecule has 0 rings (SSSR count). The van der Waals surface area contributed by atoms with Crippen molar-refractivity contribution in [2.45, 2.75) is 87.0 Å². The zero-order chi connectivity index (χ0) is 35.1. The summed E-state index contributed by atoms with van der Waals surface area (Å²) in [6.45, 7) is 4.95. The summed E-state index contributed by atoms with van der Waals surface area (Å²) in [5, 5.41) is 45.2. The molecule has 21 heteroatoms. The molecule has 0 fully saturated rings. The molecular formula is C24H40N6O12S2Se. The van der Waals surface area contributed by atoms with Crippen LogP contribution in [0.2, 0.25) is 0 Å². The number of aliphatic carboxylic acids is 4. The second kappa shape index (κ2) is 19.4. The predicted molar refractivity (Wildman–Crippen MR) is 164 cm³/mol. The molecule has 0 bridgehead atoms. The minimum atomic E-state index is -1.33. The van der Waals surface area contributed by atoms with Crippen LogP contribution in [-0.2, 0) is 38.4 Å². The summed E-state index contributed by atoms with van der Waals surface area (Å²) in [5.74, 6) is -8.31. The number of amides is 4. The molecule has 18 nitrogen and oxygen atoms in total. The molecule has 4 amide bonds. The normalized spacial score (nSPS) is 14.2. The molecule has 0 radical (unpaired) electrons. The van der Waals surface area contributed by atoms with E-state index in [1.54, 1.807) is 27.7 Å². The Bertz CT molecular complexity index is 1040. The zero-order valence-corrected chi connectivity index (χ0v) is 28.3. The first-order valence-electron chi connectivity index (χ1n) is 13.2. The molecule has 0 saturated heterocycles. The van der Waals surface area contributed by atoms with Crippen molar-refractivity contribution in [3.05, 3.63) is 0 Å². The molecular weight excluding hydrogens is 707 g/mol. The summed E-state index contributed by atoms with van der Waals surface area (Å²) < 4.78 is -2.18. The first kappa shape index (κ1) is 41.9. The van der Waals surface area contributed by atoms with Gasteiger partial charge in [0.1, 0.15) is 0 Å². The Hall–Kier alpha value is -3.10. The summed E-state index contributed by atoms with van der Waals surface area (Å²) in [5.41, 5.74) is 10.9. The molecule has 0 aliphatic rings. The molecule has 0 aromatic rings. The van der Waals surface area contributed by atoms with Crippen LogP contribution in [0.4, 0.5) is 0 Å². The van der Waals surface area contributed by atoms with E-state index in [2.05, 4.69) is 21.3 Å². The molecule has 0 heterocycles. The minimum absolute atomic E-state index is 0.217. The van der Waals surface area contributed by atoms with Crippen molar-refractivity contribution in [3.8, 4) is 0 Å². The number of rotatable bonds is 22. The number of hydrogen-bond donors (Lipinski definition) is 10. The van der Waals surface area contributed by atoms with Gasteiger partial charge in [-0.2, -0.15) is 0 Å². The Morgan fingerprint density at radius 2 is 0.956 bits per heavy atom. The summed E-state index contributed by atoms with van der Waals surface area (Å²) in [6.07, 6.45) is -1.08. The molecule has 256 valence electrons. The average molecular weight is 748 g/mol. The fraction of sp³-hybridized carbons (Fsp3) is 0.667. The van der Waals surface area contributed by atoms with Gasteiger partial charge in [-0.15, -0.1) is 0 Å². The van der Waals surface area contributed by atoms with Crippen LogP contribution in [0.5, 0.6) is 0 Å². The number of carboxylic acid groups (broad SMARTS) is 4. The van der Waals surface area contributed by atoms with Gasteiger partial charge < -0.3 is 0 Å². The molecule has 0 aliphatic carbocycles. The van der Waals surface area contributed by atoms with E-state index in [0.717, 1.165) is 0 Å². The maximum atomic E-state index is 12.9. The van der Waals surface area contributed by atoms with E-state index in [1.165, 1.54) is 20.4 Å². The summed E-state index contributed by atoms with van der Waals surface area (Å²) in [7, 11) is 2.39. The van der Waals surface area contributed by atoms with E-state index in [-0.39, 0.29) is 25.7 Å². The standard InChI is InChI=1S/C24H40N6O12S2Se/c1-23(2,17(19(37)27-9-15(33)34)29-13(31)7-5-11(25)21(39)40)43-45-44-24(3,4)18(20(38)28-10-16(35)36)30-14(32)8-6-12(26)22(41)42/h11-12,17-18H,5-10,25-26H2,1-4H3,(H,27,37)(H,28,38)(H,29,31)(H,30,32)(H,33,34)(H,35,36)(H,39,40)(H,41,42)/t11-,12-,17-,18-/m0/s1. The SMILES string of the molecule is CC(C)(S[Se]SC(C)(C)[C@@H](NC(=O)CC[C@H](N)C(=O)O)C(=O)NCC(=O)O)[C@@H](NC(=O)CC[C@H](N)C(=O)O)C(=O)NCC(=O)O. The number of carboxylic acids is 4. The Morgan fingerprint density at radius 1 is 0.644 bits per heavy atom. The van der Waals surface area contributed by atoms with Crippen molar-refractivity contribution in [3.63, 3.8) is 0 Å². The van der Waals surface area contributed by atoms with Crippen LogP contribution in [0, 0.1) is 0 Å². The van der Waals surface area contributed by atoms with Gasteiger partial charge in [0.25, 0.3) is 0 Å². The number of hydrogen-bond acceptors (Lipinski definition) is 12. The van der Waals surface area contributed by atoms with Crippen LogP contribution in [0.15, 0.2) is 0 Å². The Morgan fingerprint density at radius 3 is 1.22 bits per heavy atom. The third kappa shape index (κ3) is 16.7. The number of nitrogens with one attached hydrogen (secondary N) is 4. The van der Waals surface area contributed by atoms with Crippen molar-refractivity contribution in [1.82, 2.24) is 21.3 Å². The van der Waals surface area contributed by atoms with Gasteiger partial charge in [-0.1, -0.05) is 0 Å². The Labute approximate surface area is 271 Å². The topological polar surface area (TPSA) is 318 Å². The summed E-state index contributed by atoms with van der Waals surface area (Å²) in [4.78, 5) is 94.9. The van der Waals surface area contributed by atoms with Crippen molar-refractivity contribution < 1.29 is 58.8 Å². The monoisotopic (exact) mass is 748 g/mol. The van der Waals surface area contributed by atoms with Crippen LogP contribution in [0.3, 0.4) is 0 Å². The van der Waals surface area contributed by atoms with E-state index >= 15 is 0 Å². The second-order valence-corrected chi connectivity index (χ2v) is 18.3. The summed E-state index contributed by atoms with van der Waals surface area (Å²) >= 11 is -0.559. The molecule has 45 heavy (non-hydrogen) atoms. The van der Waals surface area contributed by atoms with Crippen LogP contribution in [0.1, 0.15) is 53.4 Å². The van der Waals surface area contributed by atoms with E-state index < -0.39 is 107 Å². The second-order valence-electron chi connectivity index (χ2n) is 10.6. The van der Waals surface area contributed by atoms with Gasteiger partial charge in [-0.25, -0.2) is 0 Å². The van der Waals surface area contributed by atoms with Gasteiger partial charge >= 0.3 is 272 Å². The van der Waals surface area contributed by atoms with Gasteiger partial charge in [0.05, 0.1) is 0 Å². The zero-order valence-electron chi connectivity index (χ0n) is 25.0. The molecule has 0 spiro atoms. The van der Waals surface area contributed by atoms with Crippen molar-refractivity contribution >= 4 is 80.6 Å². The van der Waals surface area contributed by atoms with Crippen LogP contribution in [0.25, 0.3) is 0 Å². The van der Waals surface area contributed by atoms with Crippen LogP contribution in [-0.4, -0.2) is 127 Å². The maximum absolute atomic E-state index is 12.9. The van der Waals surface area contributed by atoms with Crippen molar-refractivity contribution in [2.75, 3.05) is 13.1 Å². The Balaban J connectivity index is 5.79. The van der Waals surface area contributed by atoms with E-state index in [9.17, 15) is 38.4 Å². The molecule has 0 unspecified atom stereocenters. The van der Waals surface area contributed by atoms with Crippen LogP contribution >= 0.6 is 20.4 Å². The fourth-order valence-corrected chi connectivity index (χ4v) is 13.8. The first-order valence-corrected chi connectivity index (χ1v) is 18.9. The third-order valence-corrected chi connectivity index (χ3v) is 15.7. The van der Waals surface area contributed by atoms with E-state index in [4.69, 9.17) is 31.9 Å².